The van der Waals surface area contributed by atoms with Gasteiger partial charge in [-0.05, 0) is 39.2 Å². The minimum atomic E-state index is -0.884. The van der Waals surface area contributed by atoms with Crippen molar-refractivity contribution < 1.29 is 14.7 Å². The van der Waals surface area contributed by atoms with Gasteiger partial charge in [-0.25, -0.2) is 0 Å². The molecule has 0 bridgehead atoms. The second-order valence-electron chi connectivity index (χ2n) is 6.29. The molecule has 0 saturated heterocycles. The van der Waals surface area contributed by atoms with E-state index in [0.29, 0.717) is 12.0 Å². The number of nitrogens with one attached hydrogen (secondary N) is 1. The average molecular weight is 291 g/mol. The van der Waals surface area contributed by atoms with Crippen LogP contribution in [0.4, 0.5) is 0 Å². The van der Waals surface area contributed by atoms with Gasteiger partial charge in [0.05, 0.1) is 6.04 Å². The molecule has 0 spiro atoms. The molecule has 4 heteroatoms. The molecule has 0 heterocycles. The molecule has 1 aromatic rings. The highest BCUT2D eigenvalue weighted by Gasteiger charge is 2.25. The SMILES string of the molecule is CCc1ccc(C(=O)C(CCC(=O)O)NC(C)(C)C)cc1. The summed E-state index contributed by atoms with van der Waals surface area (Å²) in [4.78, 5) is 23.4. The highest BCUT2D eigenvalue weighted by molar-refractivity contribution is 6.00. The standard InChI is InChI=1S/C17H25NO3/c1-5-12-6-8-13(9-7-12)16(21)14(10-11-15(19)20)18-17(2,3)4/h6-9,14,18H,5,10-11H2,1-4H3,(H,19,20). The molecule has 0 aromatic heterocycles. The lowest BCUT2D eigenvalue weighted by Gasteiger charge is -2.27. The van der Waals surface area contributed by atoms with Crippen molar-refractivity contribution in [3.05, 3.63) is 35.4 Å². The van der Waals surface area contributed by atoms with E-state index in [2.05, 4.69) is 12.2 Å². The van der Waals surface area contributed by atoms with E-state index in [1.54, 1.807) is 0 Å². The fourth-order valence-corrected chi connectivity index (χ4v) is 2.17. The molecule has 1 rings (SSSR count). The normalized spacial score (nSPS) is 13.0. The molecule has 4 nitrogen and oxygen atoms in total. The van der Waals surface area contributed by atoms with Gasteiger partial charge < -0.3 is 10.4 Å². The first-order valence-corrected chi connectivity index (χ1v) is 7.35. The lowest BCUT2D eigenvalue weighted by atomic mass is 9.96. The topological polar surface area (TPSA) is 66.4 Å². The van der Waals surface area contributed by atoms with E-state index in [1.165, 1.54) is 5.56 Å². The van der Waals surface area contributed by atoms with Crippen LogP contribution in [0, 0.1) is 0 Å². The van der Waals surface area contributed by atoms with Crippen molar-refractivity contribution in [2.24, 2.45) is 0 Å². The Kier molecular flexibility index (Phi) is 6.09. The molecule has 1 unspecified atom stereocenters. The summed E-state index contributed by atoms with van der Waals surface area (Å²) in [6.07, 6.45) is 1.20. The maximum absolute atomic E-state index is 12.6. The molecule has 2 N–H and O–H groups in total. The van der Waals surface area contributed by atoms with Crippen molar-refractivity contribution in [2.45, 2.75) is 58.5 Å². The van der Waals surface area contributed by atoms with Gasteiger partial charge in [-0.15, -0.1) is 0 Å². The van der Waals surface area contributed by atoms with Crippen molar-refractivity contribution in [1.29, 1.82) is 0 Å². The van der Waals surface area contributed by atoms with Crippen molar-refractivity contribution in [1.82, 2.24) is 5.32 Å². The second kappa shape index (κ2) is 7.36. The molecule has 0 aliphatic carbocycles. The highest BCUT2D eigenvalue weighted by Crippen LogP contribution is 2.13. The van der Waals surface area contributed by atoms with Crippen LogP contribution in [0.3, 0.4) is 0 Å². The first kappa shape index (κ1) is 17.4. The summed E-state index contributed by atoms with van der Waals surface area (Å²) in [5.74, 6) is -0.932. The number of rotatable bonds is 7. The Bertz CT molecular complexity index is 486. The van der Waals surface area contributed by atoms with Gasteiger partial charge in [-0.1, -0.05) is 31.2 Å². The third-order valence-corrected chi connectivity index (χ3v) is 3.22. The van der Waals surface area contributed by atoms with Crippen LogP contribution in [0.25, 0.3) is 0 Å². The van der Waals surface area contributed by atoms with Crippen molar-refractivity contribution in [3.63, 3.8) is 0 Å². The van der Waals surface area contributed by atoms with Crippen LogP contribution in [0.15, 0.2) is 24.3 Å². The summed E-state index contributed by atoms with van der Waals surface area (Å²) in [7, 11) is 0. The number of carbonyl (C=O) groups excluding carboxylic acids is 1. The number of carboxylic acid groups (broad SMARTS) is 1. The molecule has 0 aliphatic rings. The van der Waals surface area contributed by atoms with E-state index in [0.717, 1.165) is 6.42 Å². The number of carbonyl (C=O) groups is 2. The summed E-state index contributed by atoms with van der Waals surface area (Å²) in [5.41, 5.74) is 1.55. The van der Waals surface area contributed by atoms with Gasteiger partial charge in [-0.2, -0.15) is 0 Å². The lowest BCUT2D eigenvalue weighted by Crippen LogP contribution is -2.48. The fourth-order valence-electron chi connectivity index (χ4n) is 2.17. The monoisotopic (exact) mass is 291 g/mol. The van der Waals surface area contributed by atoms with E-state index >= 15 is 0 Å². The van der Waals surface area contributed by atoms with E-state index in [9.17, 15) is 9.59 Å². The molecule has 1 aromatic carbocycles. The van der Waals surface area contributed by atoms with Crippen molar-refractivity contribution >= 4 is 11.8 Å². The summed E-state index contributed by atoms with van der Waals surface area (Å²) in [6, 6.07) is 7.05. The van der Waals surface area contributed by atoms with E-state index in [-0.39, 0.29) is 17.7 Å². The van der Waals surface area contributed by atoms with Gasteiger partial charge in [0.15, 0.2) is 5.78 Å². The molecule has 0 aliphatic heterocycles. The van der Waals surface area contributed by atoms with Crippen molar-refractivity contribution in [3.8, 4) is 0 Å². The van der Waals surface area contributed by atoms with Gasteiger partial charge in [0.25, 0.3) is 0 Å². The predicted molar refractivity (Wildman–Crippen MR) is 83.7 cm³/mol. The molecular weight excluding hydrogens is 266 g/mol. The van der Waals surface area contributed by atoms with Crippen molar-refractivity contribution in [2.75, 3.05) is 0 Å². The minimum absolute atomic E-state index is 0.0213. The summed E-state index contributed by atoms with van der Waals surface area (Å²) < 4.78 is 0. The third kappa shape index (κ3) is 6.08. The smallest absolute Gasteiger partial charge is 0.303 e. The number of hydrogen-bond donors (Lipinski definition) is 2. The Morgan fingerprint density at radius 1 is 1.19 bits per heavy atom. The van der Waals surface area contributed by atoms with E-state index in [1.807, 2.05) is 45.0 Å². The molecule has 116 valence electrons. The molecule has 1 atom stereocenters. The van der Waals surface area contributed by atoms with Crippen LogP contribution >= 0.6 is 0 Å². The Morgan fingerprint density at radius 3 is 2.19 bits per heavy atom. The number of hydrogen-bond acceptors (Lipinski definition) is 3. The highest BCUT2D eigenvalue weighted by atomic mass is 16.4. The second-order valence-corrected chi connectivity index (χ2v) is 6.29. The largest absolute Gasteiger partial charge is 0.481 e. The van der Waals surface area contributed by atoms with Crippen LogP contribution in [0.2, 0.25) is 0 Å². The Balaban J connectivity index is 2.88. The average Bonchev–Trinajstić information content (AvgIpc) is 2.41. The molecule has 0 saturated carbocycles. The summed E-state index contributed by atoms with van der Waals surface area (Å²) in [5, 5.41) is 12.1. The molecule has 0 amide bonds. The molecule has 0 fully saturated rings. The quantitative estimate of drug-likeness (QED) is 0.758. The summed E-state index contributed by atoms with van der Waals surface area (Å²) in [6.45, 7) is 7.96. The van der Waals surface area contributed by atoms with Crippen LogP contribution in [-0.4, -0.2) is 28.4 Å². The predicted octanol–water partition coefficient (Wildman–Crippen LogP) is 3.05. The van der Waals surface area contributed by atoms with Gasteiger partial charge >= 0.3 is 5.97 Å². The third-order valence-electron chi connectivity index (χ3n) is 3.22. The molecule has 0 radical (unpaired) electrons. The number of aryl methyl sites for hydroxylation is 1. The van der Waals surface area contributed by atoms with Gasteiger partial charge in [-0.3, -0.25) is 9.59 Å². The number of aliphatic carboxylic acids is 1. The minimum Gasteiger partial charge on any atom is -0.481 e. The number of benzene rings is 1. The first-order valence-electron chi connectivity index (χ1n) is 7.35. The maximum atomic E-state index is 12.6. The summed E-state index contributed by atoms with van der Waals surface area (Å²) >= 11 is 0. The maximum Gasteiger partial charge on any atom is 0.303 e. The van der Waals surface area contributed by atoms with Gasteiger partial charge in [0.2, 0.25) is 0 Å². The van der Waals surface area contributed by atoms with Gasteiger partial charge in [0, 0.05) is 17.5 Å². The zero-order chi connectivity index (χ0) is 16.0. The first-order chi connectivity index (χ1) is 9.73. The van der Waals surface area contributed by atoms with E-state index < -0.39 is 12.0 Å². The fraction of sp³-hybridized carbons (Fsp3) is 0.529. The van der Waals surface area contributed by atoms with Crippen LogP contribution < -0.4 is 5.32 Å². The Labute approximate surface area is 126 Å². The zero-order valence-electron chi connectivity index (χ0n) is 13.3. The Morgan fingerprint density at radius 2 is 1.76 bits per heavy atom. The lowest BCUT2D eigenvalue weighted by molar-refractivity contribution is -0.137. The van der Waals surface area contributed by atoms with E-state index in [4.69, 9.17) is 5.11 Å². The van der Waals surface area contributed by atoms with Crippen LogP contribution in [-0.2, 0) is 11.2 Å². The molecule has 21 heavy (non-hydrogen) atoms. The van der Waals surface area contributed by atoms with Crippen LogP contribution in [0.1, 0.15) is 56.5 Å². The van der Waals surface area contributed by atoms with Gasteiger partial charge in [0.1, 0.15) is 0 Å². The number of ketones is 1. The number of Topliss-reactive ketones (excluding diaryl/α,β-unsaturated/α-hetero) is 1. The van der Waals surface area contributed by atoms with Crippen LogP contribution in [0.5, 0.6) is 0 Å². The number of carboxylic acids is 1. The Hall–Kier alpha value is -1.68. The zero-order valence-corrected chi connectivity index (χ0v) is 13.3. The molecular formula is C17H25NO3.